The van der Waals surface area contributed by atoms with Gasteiger partial charge in [0.1, 0.15) is 0 Å². The van der Waals surface area contributed by atoms with Gasteiger partial charge in [-0.1, -0.05) is 6.92 Å². The van der Waals surface area contributed by atoms with Crippen molar-refractivity contribution in [3.63, 3.8) is 0 Å². The fraction of sp³-hybridized carbons (Fsp3) is 1.00. The van der Waals surface area contributed by atoms with Crippen molar-refractivity contribution >= 4 is 21.6 Å². The van der Waals surface area contributed by atoms with Gasteiger partial charge in [0.15, 0.2) is 0 Å². The van der Waals surface area contributed by atoms with Crippen molar-refractivity contribution in [3.8, 4) is 0 Å². The van der Waals surface area contributed by atoms with Crippen molar-refractivity contribution in [2.45, 2.75) is 13.3 Å². The monoisotopic (exact) mass is 279 g/mol. The number of hydrogen-bond donors (Lipinski definition) is 1. The number of sulfonamides is 1. The first-order chi connectivity index (χ1) is 7.33. The highest BCUT2D eigenvalue weighted by Gasteiger charge is 2.26. The molecule has 1 unspecified atom stereocenters. The summed E-state index contributed by atoms with van der Waals surface area (Å²) in [5.74, 6) is -0.463. The lowest BCUT2D eigenvalue weighted by atomic mass is 10.3. The third kappa shape index (κ3) is 5.93. The molecule has 1 N–H and O–H groups in total. The SMILES string of the molecule is CC(CCl)CS(=O)(=O)N(CCO)CC(F)F. The molecule has 0 aromatic carbocycles. The molecule has 0 saturated carbocycles. The molecule has 98 valence electrons. The quantitative estimate of drug-likeness (QED) is 0.667. The lowest BCUT2D eigenvalue weighted by molar-refractivity contribution is 0.113. The van der Waals surface area contributed by atoms with Crippen LogP contribution in [0.25, 0.3) is 0 Å². The first-order valence-corrected chi connectivity index (χ1v) is 6.90. The maximum Gasteiger partial charge on any atom is 0.252 e. The van der Waals surface area contributed by atoms with Crippen molar-refractivity contribution in [1.82, 2.24) is 4.31 Å². The smallest absolute Gasteiger partial charge is 0.252 e. The summed E-state index contributed by atoms with van der Waals surface area (Å²) in [4.78, 5) is 0. The lowest BCUT2D eigenvalue weighted by Gasteiger charge is -2.22. The molecule has 16 heavy (non-hydrogen) atoms. The molecule has 0 fully saturated rings. The minimum atomic E-state index is -3.78. The van der Waals surface area contributed by atoms with E-state index in [-0.39, 0.29) is 24.1 Å². The van der Waals surface area contributed by atoms with Crippen LogP contribution in [-0.2, 0) is 10.0 Å². The second-order valence-electron chi connectivity index (χ2n) is 3.51. The van der Waals surface area contributed by atoms with Crippen LogP contribution in [0, 0.1) is 5.92 Å². The molecule has 0 amide bonds. The second kappa shape index (κ2) is 7.37. The number of aliphatic hydroxyl groups is 1. The molecule has 0 radical (unpaired) electrons. The highest BCUT2D eigenvalue weighted by molar-refractivity contribution is 7.89. The summed E-state index contributed by atoms with van der Waals surface area (Å²) in [5, 5.41) is 8.63. The van der Waals surface area contributed by atoms with Gasteiger partial charge in [-0.15, -0.1) is 11.6 Å². The van der Waals surface area contributed by atoms with Crippen LogP contribution >= 0.6 is 11.6 Å². The summed E-state index contributed by atoms with van der Waals surface area (Å²) >= 11 is 5.47. The normalized spacial score (nSPS) is 14.7. The van der Waals surface area contributed by atoms with E-state index >= 15 is 0 Å². The van der Waals surface area contributed by atoms with Crippen LogP contribution in [0.4, 0.5) is 8.78 Å². The summed E-state index contributed by atoms with van der Waals surface area (Å²) in [6, 6.07) is 0. The number of hydrogen-bond acceptors (Lipinski definition) is 3. The minimum Gasteiger partial charge on any atom is -0.395 e. The van der Waals surface area contributed by atoms with Gasteiger partial charge in [-0.2, -0.15) is 4.31 Å². The molecule has 0 spiro atoms. The van der Waals surface area contributed by atoms with Crippen LogP contribution in [-0.4, -0.2) is 55.6 Å². The summed E-state index contributed by atoms with van der Waals surface area (Å²) in [6.45, 7) is -0.0785. The minimum absolute atomic E-state index is 0.140. The van der Waals surface area contributed by atoms with E-state index in [4.69, 9.17) is 16.7 Å². The van der Waals surface area contributed by atoms with Gasteiger partial charge in [-0.25, -0.2) is 17.2 Å². The van der Waals surface area contributed by atoms with E-state index < -0.39 is 29.6 Å². The average Bonchev–Trinajstić information content (AvgIpc) is 2.15. The number of alkyl halides is 3. The molecule has 1 atom stereocenters. The topological polar surface area (TPSA) is 57.6 Å². The summed E-state index contributed by atoms with van der Waals surface area (Å²) in [6.07, 6.45) is -2.76. The van der Waals surface area contributed by atoms with Gasteiger partial charge in [0.2, 0.25) is 10.0 Å². The standard InChI is InChI=1S/C8H16ClF2NO3S/c1-7(4-9)6-16(14,15)12(2-3-13)5-8(10)11/h7-8,13H,2-6H2,1H3. The van der Waals surface area contributed by atoms with Crippen LogP contribution in [0.3, 0.4) is 0 Å². The Labute approximate surface area is 99.2 Å². The summed E-state index contributed by atoms with van der Waals surface area (Å²) < 4.78 is 48.2. The molecule has 0 aromatic rings. The van der Waals surface area contributed by atoms with Crippen LogP contribution in [0.1, 0.15) is 6.92 Å². The Bertz CT molecular complexity index is 287. The van der Waals surface area contributed by atoms with Crippen molar-refractivity contribution in [1.29, 1.82) is 0 Å². The van der Waals surface area contributed by atoms with Gasteiger partial charge >= 0.3 is 0 Å². The predicted octanol–water partition coefficient (Wildman–Crippen LogP) is 0.751. The second-order valence-corrected chi connectivity index (χ2v) is 5.83. The number of halogens is 3. The molecule has 0 saturated heterocycles. The van der Waals surface area contributed by atoms with Crippen LogP contribution < -0.4 is 0 Å². The summed E-state index contributed by atoms with van der Waals surface area (Å²) in [5.41, 5.74) is 0. The van der Waals surface area contributed by atoms with Crippen molar-refractivity contribution in [3.05, 3.63) is 0 Å². The molecule has 8 heteroatoms. The van der Waals surface area contributed by atoms with E-state index in [0.29, 0.717) is 4.31 Å². The Hall–Kier alpha value is 0.0200. The maximum absolute atomic E-state index is 12.1. The zero-order chi connectivity index (χ0) is 12.8. The molecule has 0 aliphatic rings. The largest absolute Gasteiger partial charge is 0.395 e. The molecular formula is C8H16ClF2NO3S. The molecule has 0 heterocycles. The number of rotatable bonds is 8. The molecule has 0 aliphatic carbocycles. The maximum atomic E-state index is 12.1. The Morgan fingerprint density at radius 3 is 2.38 bits per heavy atom. The van der Waals surface area contributed by atoms with Crippen LogP contribution in [0.2, 0.25) is 0 Å². The Morgan fingerprint density at radius 2 is 2.00 bits per heavy atom. The first kappa shape index (κ1) is 16.0. The lowest BCUT2D eigenvalue weighted by Crippen LogP contribution is -2.40. The van der Waals surface area contributed by atoms with Gasteiger partial charge in [0, 0.05) is 12.4 Å². The number of aliphatic hydroxyl groups excluding tert-OH is 1. The van der Waals surface area contributed by atoms with Gasteiger partial charge in [-0.3, -0.25) is 0 Å². The molecule has 0 aromatic heterocycles. The zero-order valence-electron chi connectivity index (χ0n) is 8.94. The van der Waals surface area contributed by atoms with Crippen molar-refractivity contribution in [2.24, 2.45) is 5.92 Å². The van der Waals surface area contributed by atoms with E-state index in [9.17, 15) is 17.2 Å². The van der Waals surface area contributed by atoms with Crippen LogP contribution in [0.15, 0.2) is 0 Å². The molecule has 0 rings (SSSR count). The Morgan fingerprint density at radius 1 is 1.44 bits per heavy atom. The molecule has 0 bridgehead atoms. The third-order valence-electron chi connectivity index (χ3n) is 1.84. The molecular weight excluding hydrogens is 264 g/mol. The highest BCUT2D eigenvalue weighted by atomic mass is 35.5. The fourth-order valence-corrected chi connectivity index (χ4v) is 3.10. The predicted molar refractivity (Wildman–Crippen MR) is 58.3 cm³/mol. The van der Waals surface area contributed by atoms with Gasteiger partial charge in [0.25, 0.3) is 6.43 Å². The Kier molecular flexibility index (Phi) is 7.38. The van der Waals surface area contributed by atoms with Crippen LogP contribution in [0.5, 0.6) is 0 Å². The molecule has 0 aliphatic heterocycles. The zero-order valence-corrected chi connectivity index (χ0v) is 10.5. The average molecular weight is 280 g/mol. The van der Waals surface area contributed by atoms with E-state index in [1.807, 2.05) is 0 Å². The van der Waals surface area contributed by atoms with Gasteiger partial charge in [-0.05, 0) is 5.92 Å². The van der Waals surface area contributed by atoms with Gasteiger partial charge in [0.05, 0.1) is 18.9 Å². The van der Waals surface area contributed by atoms with Crippen molar-refractivity contribution in [2.75, 3.05) is 31.3 Å². The van der Waals surface area contributed by atoms with E-state index in [2.05, 4.69) is 0 Å². The van der Waals surface area contributed by atoms with E-state index in [0.717, 1.165) is 0 Å². The van der Waals surface area contributed by atoms with E-state index in [1.165, 1.54) is 0 Å². The summed E-state index contributed by atoms with van der Waals surface area (Å²) in [7, 11) is -3.78. The Balaban J connectivity index is 4.62. The fourth-order valence-electron chi connectivity index (χ4n) is 1.12. The first-order valence-electron chi connectivity index (χ1n) is 4.76. The third-order valence-corrected chi connectivity index (χ3v) is 4.48. The molecule has 4 nitrogen and oxygen atoms in total. The van der Waals surface area contributed by atoms with E-state index in [1.54, 1.807) is 6.92 Å². The van der Waals surface area contributed by atoms with Gasteiger partial charge < -0.3 is 5.11 Å². The number of nitrogens with zero attached hydrogens (tertiary/aromatic N) is 1. The highest BCUT2D eigenvalue weighted by Crippen LogP contribution is 2.10. The van der Waals surface area contributed by atoms with Crippen molar-refractivity contribution < 1.29 is 22.3 Å².